The highest BCUT2D eigenvalue weighted by Gasteiger charge is 2.29. The number of benzene rings is 1. The first-order valence-corrected chi connectivity index (χ1v) is 7.84. The van der Waals surface area contributed by atoms with Gasteiger partial charge in [-0.3, -0.25) is 9.59 Å². The van der Waals surface area contributed by atoms with E-state index in [1.807, 2.05) is 26.0 Å². The number of nitrogens with zero attached hydrogens (tertiary/aromatic N) is 1. The molecule has 1 fully saturated rings. The molecule has 1 N–H and O–H groups in total. The van der Waals surface area contributed by atoms with Crippen LogP contribution in [0.25, 0.3) is 0 Å². The fourth-order valence-electron chi connectivity index (χ4n) is 2.83. The second-order valence-electron chi connectivity index (χ2n) is 6.07. The molecule has 1 aliphatic rings. The van der Waals surface area contributed by atoms with E-state index in [1.54, 1.807) is 12.1 Å². The third-order valence-corrected chi connectivity index (χ3v) is 4.40. The smallest absolute Gasteiger partial charge is 0.245 e. The van der Waals surface area contributed by atoms with Crippen LogP contribution in [0.5, 0.6) is 0 Å². The van der Waals surface area contributed by atoms with E-state index in [1.165, 1.54) is 6.42 Å². The number of carbonyl (C=O) groups is 2. The zero-order valence-electron chi connectivity index (χ0n) is 13.2. The summed E-state index contributed by atoms with van der Waals surface area (Å²) in [5.74, 6) is -2.14. The number of amides is 1. The molecule has 0 unspecified atom stereocenters. The molecule has 4 heteroatoms. The molecule has 116 valence electrons. The highest BCUT2D eigenvalue weighted by Crippen LogP contribution is 2.19. The van der Waals surface area contributed by atoms with Crippen LogP contribution < -0.4 is 5.32 Å². The number of aryl methyl sites for hydroxylation is 2. The summed E-state index contributed by atoms with van der Waals surface area (Å²) in [4.78, 5) is 24.7. The molecule has 0 bridgehead atoms. The average molecular weight is 298 g/mol. The number of rotatable bonds is 4. The zero-order chi connectivity index (χ0) is 16.1. The first-order chi connectivity index (χ1) is 10.5. The molecule has 0 saturated heterocycles. The quantitative estimate of drug-likeness (QED) is 0.686. The van der Waals surface area contributed by atoms with Crippen molar-refractivity contribution in [2.75, 3.05) is 0 Å². The highest BCUT2D eigenvalue weighted by molar-refractivity contribution is 6.12. The molecule has 1 aromatic rings. The van der Waals surface area contributed by atoms with Crippen molar-refractivity contribution in [3.8, 4) is 6.07 Å². The van der Waals surface area contributed by atoms with E-state index >= 15 is 0 Å². The van der Waals surface area contributed by atoms with Gasteiger partial charge in [-0.1, -0.05) is 31.4 Å². The molecule has 4 nitrogen and oxygen atoms in total. The van der Waals surface area contributed by atoms with E-state index in [9.17, 15) is 14.9 Å². The van der Waals surface area contributed by atoms with Crippen molar-refractivity contribution in [3.63, 3.8) is 0 Å². The lowest BCUT2D eigenvalue weighted by Crippen LogP contribution is -2.42. The number of nitrogens with one attached hydrogen (secondary N) is 1. The summed E-state index contributed by atoms with van der Waals surface area (Å²) in [5, 5.41) is 12.1. The predicted octanol–water partition coefficient (Wildman–Crippen LogP) is 3.07. The Balaban J connectivity index is 2.09. The van der Waals surface area contributed by atoms with E-state index in [4.69, 9.17) is 0 Å². The summed E-state index contributed by atoms with van der Waals surface area (Å²) in [7, 11) is 0. The topological polar surface area (TPSA) is 70.0 Å². The molecular weight excluding hydrogens is 276 g/mol. The predicted molar refractivity (Wildman–Crippen MR) is 84.4 cm³/mol. The van der Waals surface area contributed by atoms with Crippen molar-refractivity contribution in [1.29, 1.82) is 5.26 Å². The lowest BCUT2D eigenvalue weighted by molar-refractivity contribution is -0.123. The molecule has 0 heterocycles. The van der Waals surface area contributed by atoms with Gasteiger partial charge in [0, 0.05) is 11.6 Å². The van der Waals surface area contributed by atoms with Gasteiger partial charge >= 0.3 is 0 Å². The second-order valence-corrected chi connectivity index (χ2v) is 6.07. The Morgan fingerprint density at radius 2 is 1.86 bits per heavy atom. The summed E-state index contributed by atoms with van der Waals surface area (Å²) < 4.78 is 0. The van der Waals surface area contributed by atoms with E-state index < -0.39 is 17.6 Å². The SMILES string of the molecule is Cc1ccc(C(=O)[C@@H](C#N)C(=O)NC2CCCCC2)cc1C. The molecule has 0 radical (unpaired) electrons. The number of ketones is 1. The molecule has 2 rings (SSSR count). The molecule has 1 atom stereocenters. The molecule has 22 heavy (non-hydrogen) atoms. The maximum Gasteiger partial charge on any atom is 0.245 e. The van der Waals surface area contributed by atoms with Crippen LogP contribution in [0.2, 0.25) is 0 Å². The number of nitriles is 1. The molecule has 1 aliphatic carbocycles. The number of carbonyl (C=O) groups excluding carboxylic acids is 2. The first-order valence-electron chi connectivity index (χ1n) is 7.84. The minimum atomic E-state index is -1.26. The maximum atomic E-state index is 12.4. The van der Waals surface area contributed by atoms with Gasteiger partial charge in [-0.05, 0) is 43.9 Å². The van der Waals surface area contributed by atoms with Gasteiger partial charge in [0.25, 0.3) is 0 Å². The Morgan fingerprint density at radius 3 is 2.45 bits per heavy atom. The van der Waals surface area contributed by atoms with Gasteiger partial charge in [0.15, 0.2) is 11.7 Å². The van der Waals surface area contributed by atoms with Crippen LogP contribution in [0.15, 0.2) is 18.2 Å². The summed E-state index contributed by atoms with van der Waals surface area (Å²) in [6.45, 7) is 3.87. The summed E-state index contributed by atoms with van der Waals surface area (Å²) >= 11 is 0. The van der Waals surface area contributed by atoms with Crippen LogP contribution in [0.1, 0.15) is 53.6 Å². The maximum absolute atomic E-state index is 12.4. The molecule has 0 aliphatic heterocycles. The van der Waals surface area contributed by atoms with E-state index in [-0.39, 0.29) is 6.04 Å². The second kappa shape index (κ2) is 7.22. The highest BCUT2D eigenvalue weighted by atomic mass is 16.2. The molecule has 0 spiro atoms. The Bertz CT molecular complexity index is 610. The molecular formula is C18H22N2O2. The van der Waals surface area contributed by atoms with Crippen molar-refractivity contribution >= 4 is 11.7 Å². The van der Waals surface area contributed by atoms with Gasteiger partial charge in [0.1, 0.15) is 0 Å². The Hall–Kier alpha value is -2.15. The van der Waals surface area contributed by atoms with E-state index in [0.717, 1.165) is 36.8 Å². The average Bonchev–Trinajstić information content (AvgIpc) is 2.51. The fraction of sp³-hybridized carbons (Fsp3) is 0.500. The number of Topliss-reactive ketones (excluding diaryl/α,β-unsaturated/α-hetero) is 1. The van der Waals surface area contributed by atoms with Crippen LogP contribution in [0.4, 0.5) is 0 Å². The number of hydrogen-bond acceptors (Lipinski definition) is 3. The summed E-state index contributed by atoms with van der Waals surface area (Å²) in [6, 6.07) is 7.24. The van der Waals surface area contributed by atoms with Crippen LogP contribution in [-0.2, 0) is 4.79 Å². The van der Waals surface area contributed by atoms with Crippen molar-refractivity contribution in [1.82, 2.24) is 5.32 Å². The van der Waals surface area contributed by atoms with Crippen molar-refractivity contribution in [2.45, 2.75) is 52.0 Å². The first kappa shape index (κ1) is 16.2. The molecule has 1 amide bonds. The molecule has 0 aromatic heterocycles. The summed E-state index contributed by atoms with van der Waals surface area (Å²) in [6.07, 6.45) is 5.24. The number of hydrogen-bond donors (Lipinski definition) is 1. The van der Waals surface area contributed by atoms with Gasteiger partial charge in [-0.2, -0.15) is 5.26 Å². The van der Waals surface area contributed by atoms with Crippen LogP contribution in [0.3, 0.4) is 0 Å². The third-order valence-electron chi connectivity index (χ3n) is 4.40. The monoisotopic (exact) mass is 298 g/mol. The van der Waals surface area contributed by atoms with Crippen molar-refractivity contribution in [3.05, 3.63) is 34.9 Å². The zero-order valence-corrected chi connectivity index (χ0v) is 13.2. The van der Waals surface area contributed by atoms with Crippen molar-refractivity contribution < 1.29 is 9.59 Å². The lowest BCUT2D eigenvalue weighted by Gasteiger charge is -2.23. The van der Waals surface area contributed by atoms with Gasteiger partial charge in [0.2, 0.25) is 5.91 Å². The van der Waals surface area contributed by atoms with Crippen molar-refractivity contribution in [2.24, 2.45) is 5.92 Å². The minimum Gasteiger partial charge on any atom is -0.352 e. The Labute approximate surface area is 131 Å². The van der Waals surface area contributed by atoms with Crippen LogP contribution in [0, 0.1) is 31.1 Å². The van der Waals surface area contributed by atoms with E-state index in [2.05, 4.69) is 5.32 Å². The van der Waals surface area contributed by atoms with Crippen LogP contribution in [-0.4, -0.2) is 17.7 Å². The minimum absolute atomic E-state index is 0.102. The van der Waals surface area contributed by atoms with E-state index in [0.29, 0.717) is 5.56 Å². The Morgan fingerprint density at radius 1 is 1.18 bits per heavy atom. The molecule has 1 aromatic carbocycles. The van der Waals surface area contributed by atoms with Crippen LogP contribution >= 0.6 is 0 Å². The van der Waals surface area contributed by atoms with Gasteiger partial charge in [-0.25, -0.2) is 0 Å². The van der Waals surface area contributed by atoms with Gasteiger partial charge in [-0.15, -0.1) is 0 Å². The fourth-order valence-corrected chi connectivity index (χ4v) is 2.83. The molecule has 1 saturated carbocycles. The van der Waals surface area contributed by atoms with Gasteiger partial charge < -0.3 is 5.32 Å². The summed E-state index contributed by atoms with van der Waals surface area (Å²) in [5.41, 5.74) is 2.49. The standard InChI is InChI=1S/C18H22N2O2/c1-12-8-9-14(10-13(12)2)17(21)16(11-19)18(22)20-15-6-4-3-5-7-15/h8-10,15-16H,3-7H2,1-2H3,(H,20,22)/t16-/m1/s1. The largest absolute Gasteiger partial charge is 0.352 e. The Kier molecular flexibility index (Phi) is 5.32. The normalized spacial score (nSPS) is 16.6. The lowest BCUT2D eigenvalue weighted by atomic mass is 9.92. The third kappa shape index (κ3) is 3.73. The van der Waals surface area contributed by atoms with Gasteiger partial charge in [0.05, 0.1) is 6.07 Å².